The van der Waals surface area contributed by atoms with Crippen LogP contribution < -0.4 is 0 Å². The van der Waals surface area contributed by atoms with Crippen LogP contribution in [0.1, 0.15) is 22.4 Å². The molecule has 1 aromatic heterocycles. The van der Waals surface area contributed by atoms with Gasteiger partial charge in [0, 0.05) is 16.6 Å². The van der Waals surface area contributed by atoms with E-state index >= 15 is 0 Å². The van der Waals surface area contributed by atoms with Gasteiger partial charge >= 0.3 is 0 Å². The first kappa shape index (κ1) is 21.0. The van der Waals surface area contributed by atoms with Crippen molar-refractivity contribution in [3.05, 3.63) is 138 Å². The molecule has 3 nitrogen and oxygen atoms in total. The van der Waals surface area contributed by atoms with Crippen molar-refractivity contribution in [1.82, 2.24) is 3.97 Å². The zero-order chi connectivity index (χ0) is 22.8. The summed E-state index contributed by atoms with van der Waals surface area (Å²) in [5.41, 5.74) is 5.34. The van der Waals surface area contributed by atoms with E-state index < -0.39 is 10.0 Å². The van der Waals surface area contributed by atoms with Gasteiger partial charge < -0.3 is 0 Å². The summed E-state index contributed by atoms with van der Waals surface area (Å²) >= 11 is 0. The molecule has 0 aliphatic carbocycles. The summed E-state index contributed by atoms with van der Waals surface area (Å²) in [6, 6.07) is 36.5. The van der Waals surface area contributed by atoms with Gasteiger partial charge in [-0.25, -0.2) is 12.4 Å². The average molecular weight is 450 g/mol. The van der Waals surface area contributed by atoms with Crippen molar-refractivity contribution in [3.8, 4) is 0 Å². The van der Waals surface area contributed by atoms with Crippen LogP contribution in [0, 0.1) is 6.92 Å². The monoisotopic (exact) mass is 449 g/mol. The number of fused-ring (bicyclic) bond motifs is 1. The van der Waals surface area contributed by atoms with E-state index in [2.05, 4.69) is 30.3 Å². The molecular weight excluding hydrogens is 426 g/mol. The van der Waals surface area contributed by atoms with E-state index in [4.69, 9.17) is 0 Å². The van der Waals surface area contributed by atoms with E-state index in [9.17, 15) is 8.42 Å². The zero-order valence-electron chi connectivity index (χ0n) is 18.2. The van der Waals surface area contributed by atoms with Crippen molar-refractivity contribution in [2.45, 2.75) is 11.8 Å². The molecule has 33 heavy (non-hydrogen) atoms. The van der Waals surface area contributed by atoms with Gasteiger partial charge in [-0.05, 0) is 47.9 Å². The van der Waals surface area contributed by atoms with E-state index in [1.165, 1.54) is 3.97 Å². The van der Waals surface area contributed by atoms with Gasteiger partial charge in [0.15, 0.2) is 0 Å². The van der Waals surface area contributed by atoms with Gasteiger partial charge in [0.05, 0.1) is 10.4 Å². The molecule has 0 N–H and O–H groups in total. The fraction of sp³-hybridized carbons (Fsp3) is 0.0345. The number of para-hydroxylation sites is 1. The van der Waals surface area contributed by atoms with Gasteiger partial charge in [-0.3, -0.25) is 0 Å². The molecule has 162 valence electrons. The number of nitrogens with zero attached hydrogens (tertiary/aromatic N) is 1. The van der Waals surface area contributed by atoms with Crippen molar-refractivity contribution in [1.29, 1.82) is 0 Å². The number of benzene rings is 4. The molecule has 0 unspecified atom stereocenters. The third-order valence-corrected chi connectivity index (χ3v) is 7.62. The van der Waals surface area contributed by atoms with E-state index in [-0.39, 0.29) is 4.90 Å². The molecule has 0 saturated carbocycles. The number of aromatic nitrogens is 1. The Bertz CT molecular complexity index is 1550. The second-order valence-electron chi connectivity index (χ2n) is 7.89. The molecule has 0 fully saturated rings. The van der Waals surface area contributed by atoms with Crippen LogP contribution in [-0.2, 0) is 10.0 Å². The minimum absolute atomic E-state index is 0.272. The van der Waals surface area contributed by atoms with E-state index in [1.807, 2.05) is 73.7 Å². The lowest BCUT2D eigenvalue weighted by Gasteiger charge is -2.12. The fourth-order valence-corrected chi connectivity index (χ4v) is 5.90. The van der Waals surface area contributed by atoms with Gasteiger partial charge in [0.25, 0.3) is 10.0 Å². The van der Waals surface area contributed by atoms with E-state index in [0.717, 1.165) is 27.6 Å². The first-order valence-electron chi connectivity index (χ1n) is 10.8. The lowest BCUT2D eigenvalue weighted by Crippen LogP contribution is -2.14. The normalized spacial score (nSPS) is 12.2. The molecular formula is C29H23NO2S. The summed E-state index contributed by atoms with van der Waals surface area (Å²) in [6.45, 7) is 1.89. The maximum atomic E-state index is 13.7. The van der Waals surface area contributed by atoms with Crippen LogP contribution in [0.2, 0.25) is 0 Å². The van der Waals surface area contributed by atoms with Gasteiger partial charge in [-0.15, -0.1) is 0 Å². The quantitative estimate of drug-likeness (QED) is 0.278. The van der Waals surface area contributed by atoms with Crippen LogP contribution in [0.25, 0.3) is 22.6 Å². The van der Waals surface area contributed by atoms with Crippen molar-refractivity contribution >= 4 is 32.6 Å². The highest BCUT2D eigenvalue weighted by Crippen LogP contribution is 2.38. The molecule has 0 spiro atoms. The SMILES string of the molecule is Cc1c(/C(=C\c2ccccc2)c2ccccc2)c2ccccc2n1S(=O)(=O)c1ccccc1. The summed E-state index contributed by atoms with van der Waals surface area (Å²) in [5.74, 6) is 0. The van der Waals surface area contributed by atoms with Crippen molar-refractivity contribution in [2.75, 3.05) is 0 Å². The largest absolute Gasteiger partial charge is 0.268 e. The molecule has 0 amide bonds. The Morgan fingerprint density at radius 3 is 1.91 bits per heavy atom. The van der Waals surface area contributed by atoms with Crippen LogP contribution >= 0.6 is 0 Å². The molecule has 0 radical (unpaired) electrons. The number of hydrogen-bond acceptors (Lipinski definition) is 2. The Morgan fingerprint density at radius 1 is 0.697 bits per heavy atom. The van der Waals surface area contributed by atoms with E-state index in [1.54, 1.807) is 24.3 Å². The lowest BCUT2D eigenvalue weighted by molar-refractivity contribution is 0.588. The molecule has 5 aromatic rings. The summed E-state index contributed by atoms with van der Waals surface area (Å²) in [4.78, 5) is 0.272. The van der Waals surface area contributed by atoms with Crippen LogP contribution in [-0.4, -0.2) is 12.4 Å². The average Bonchev–Trinajstić information content (AvgIpc) is 3.16. The number of hydrogen-bond donors (Lipinski definition) is 0. The molecule has 4 aromatic carbocycles. The highest BCUT2D eigenvalue weighted by molar-refractivity contribution is 7.90. The molecule has 4 heteroatoms. The first-order valence-corrected chi connectivity index (χ1v) is 12.2. The minimum Gasteiger partial charge on any atom is -0.238 e. The smallest absolute Gasteiger partial charge is 0.238 e. The van der Waals surface area contributed by atoms with Gasteiger partial charge in [-0.1, -0.05) is 97.1 Å². The van der Waals surface area contributed by atoms with Crippen molar-refractivity contribution in [3.63, 3.8) is 0 Å². The third kappa shape index (κ3) is 3.79. The van der Waals surface area contributed by atoms with Crippen LogP contribution in [0.5, 0.6) is 0 Å². The lowest BCUT2D eigenvalue weighted by atomic mass is 9.93. The Kier molecular flexibility index (Phi) is 5.45. The predicted molar refractivity (Wildman–Crippen MR) is 136 cm³/mol. The highest BCUT2D eigenvalue weighted by atomic mass is 32.2. The molecule has 5 rings (SSSR count). The molecule has 0 aliphatic heterocycles. The molecule has 1 heterocycles. The first-order chi connectivity index (χ1) is 16.1. The van der Waals surface area contributed by atoms with Gasteiger partial charge in [0.1, 0.15) is 0 Å². The van der Waals surface area contributed by atoms with Crippen LogP contribution in [0.3, 0.4) is 0 Å². The predicted octanol–water partition coefficient (Wildman–Crippen LogP) is 6.78. The Hall–Kier alpha value is -3.89. The summed E-state index contributed by atoms with van der Waals surface area (Å²) in [5, 5.41) is 0.903. The second kappa shape index (κ2) is 8.57. The topological polar surface area (TPSA) is 39.1 Å². The standard InChI is InChI=1S/C29H23NO2S/c1-22-29(27(24-15-7-3-8-16-24)21-23-13-5-2-6-14-23)26-19-11-12-20-28(26)30(22)33(31,32)25-17-9-4-10-18-25/h2-21H,1H3/b27-21-. The molecule has 0 bridgehead atoms. The zero-order valence-corrected chi connectivity index (χ0v) is 19.0. The summed E-state index contributed by atoms with van der Waals surface area (Å²) in [7, 11) is -3.77. The maximum absolute atomic E-state index is 13.7. The molecule has 0 aliphatic rings. The van der Waals surface area contributed by atoms with Crippen LogP contribution in [0.4, 0.5) is 0 Å². The van der Waals surface area contributed by atoms with Gasteiger partial charge in [-0.2, -0.15) is 0 Å². The van der Waals surface area contributed by atoms with Crippen molar-refractivity contribution in [2.24, 2.45) is 0 Å². The summed E-state index contributed by atoms with van der Waals surface area (Å²) < 4.78 is 29.0. The molecule has 0 atom stereocenters. The second-order valence-corrected chi connectivity index (χ2v) is 9.68. The number of rotatable bonds is 5. The van der Waals surface area contributed by atoms with Crippen molar-refractivity contribution < 1.29 is 8.42 Å². The fourth-order valence-electron chi connectivity index (χ4n) is 4.32. The molecule has 0 saturated heterocycles. The van der Waals surface area contributed by atoms with Gasteiger partial charge in [0.2, 0.25) is 0 Å². The third-order valence-electron chi connectivity index (χ3n) is 5.80. The Morgan fingerprint density at radius 2 is 1.24 bits per heavy atom. The Balaban J connectivity index is 1.85. The maximum Gasteiger partial charge on any atom is 0.268 e. The minimum atomic E-state index is -3.77. The van der Waals surface area contributed by atoms with E-state index in [0.29, 0.717) is 11.2 Å². The summed E-state index contributed by atoms with van der Waals surface area (Å²) in [6.07, 6.45) is 2.13. The highest BCUT2D eigenvalue weighted by Gasteiger charge is 2.26. The van der Waals surface area contributed by atoms with Crippen LogP contribution in [0.15, 0.2) is 120 Å². The Labute approximate surface area is 194 Å².